The third-order valence-corrected chi connectivity index (χ3v) is 5.77. The lowest BCUT2D eigenvalue weighted by Gasteiger charge is -2.36. The third-order valence-electron chi connectivity index (χ3n) is 3.89. The lowest BCUT2D eigenvalue weighted by molar-refractivity contribution is -0.144. The fraction of sp³-hybridized carbons (Fsp3) is 0.500. The van der Waals surface area contributed by atoms with Crippen LogP contribution in [0.1, 0.15) is 25.3 Å². The van der Waals surface area contributed by atoms with E-state index in [4.69, 9.17) is 0 Å². The van der Waals surface area contributed by atoms with Gasteiger partial charge in [0.05, 0.1) is 4.90 Å². The zero-order valence-corrected chi connectivity index (χ0v) is 12.7. The Morgan fingerprint density at radius 2 is 2.10 bits per heavy atom. The van der Waals surface area contributed by atoms with E-state index < -0.39 is 27.9 Å². The Balaban J connectivity index is 2.45. The molecule has 0 saturated carbocycles. The standard InChI is InChI=1S/C14H18FNO4S/c1-9-5-6-11(8-12(9)15)21(19,20)16-7-3-4-10(2)13(16)14(17)18/h5-6,8,10,13H,3-4,7H2,1-2H3,(H,17,18). The molecule has 7 heteroatoms. The van der Waals surface area contributed by atoms with Gasteiger partial charge in [-0.3, -0.25) is 4.79 Å². The first kappa shape index (κ1) is 15.9. The van der Waals surface area contributed by atoms with Gasteiger partial charge in [0.2, 0.25) is 10.0 Å². The number of carbonyl (C=O) groups is 1. The summed E-state index contributed by atoms with van der Waals surface area (Å²) in [6.07, 6.45) is 1.25. The van der Waals surface area contributed by atoms with Crippen molar-refractivity contribution < 1.29 is 22.7 Å². The Morgan fingerprint density at radius 3 is 2.67 bits per heavy atom. The maximum Gasteiger partial charge on any atom is 0.322 e. The van der Waals surface area contributed by atoms with Gasteiger partial charge in [0.15, 0.2) is 0 Å². The highest BCUT2D eigenvalue weighted by molar-refractivity contribution is 7.89. The van der Waals surface area contributed by atoms with Gasteiger partial charge >= 0.3 is 5.97 Å². The predicted molar refractivity (Wildman–Crippen MR) is 74.9 cm³/mol. The van der Waals surface area contributed by atoms with Crippen LogP contribution in [0.4, 0.5) is 4.39 Å². The molecular weight excluding hydrogens is 297 g/mol. The van der Waals surface area contributed by atoms with Gasteiger partial charge in [-0.05, 0) is 43.4 Å². The van der Waals surface area contributed by atoms with E-state index in [-0.39, 0.29) is 17.4 Å². The third kappa shape index (κ3) is 2.94. The zero-order chi connectivity index (χ0) is 15.8. The van der Waals surface area contributed by atoms with E-state index in [1.54, 1.807) is 6.92 Å². The molecular formula is C14H18FNO4S. The summed E-state index contributed by atoms with van der Waals surface area (Å²) >= 11 is 0. The zero-order valence-electron chi connectivity index (χ0n) is 11.9. The maximum absolute atomic E-state index is 13.6. The number of halogens is 1. The van der Waals surface area contributed by atoms with Crippen LogP contribution in [-0.4, -0.2) is 36.4 Å². The minimum absolute atomic E-state index is 0.138. The van der Waals surface area contributed by atoms with Gasteiger partial charge in [0.25, 0.3) is 0 Å². The van der Waals surface area contributed by atoms with Crippen molar-refractivity contribution in [1.29, 1.82) is 0 Å². The number of aliphatic carboxylic acids is 1. The van der Waals surface area contributed by atoms with E-state index in [1.165, 1.54) is 19.1 Å². The molecule has 2 rings (SSSR count). The monoisotopic (exact) mass is 315 g/mol. The van der Waals surface area contributed by atoms with Gasteiger partial charge in [-0.2, -0.15) is 4.31 Å². The number of aryl methyl sites for hydroxylation is 1. The number of piperidine rings is 1. The fourth-order valence-corrected chi connectivity index (χ4v) is 4.39. The van der Waals surface area contributed by atoms with Gasteiger partial charge < -0.3 is 5.11 Å². The summed E-state index contributed by atoms with van der Waals surface area (Å²) < 4.78 is 39.8. The van der Waals surface area contributed by atoms with Crippen molar-refractivity contribution in [3.8, 4) is 0 Å². The summed E-state index contributed by atoms with van der Waals surface area (Å²) in [5.74, 6) is -2.06. The molecule has 0 spiro atoms. The van der Waals surface area contributed by atoms with Crippen LogP contribution in [0.15, 0.2) is 23.1 Å². The average molecular weight is 315 g/mol. The number of nitrogens with zero attached hydrogens (tertiary/aromatic N) is 1. The van der Waals surface area contributed by atoms with Gasteiger partial charge in [-0.15, -0.1) is 0 Å². The van der Waals surface area contributed by atoms with Crippen LogP contribution in [0.2, 0.25) is 0 Å². The van der Waals surface area contributed by atoms with E-state index in [0.717, 1.165) is 10.4 Å². The highest BCUT2D eigenvalue weighted by Gasteiger charge is 2.41. The Kier molecular flexibility index (Phi) is 4.34. The Bertz CT molecular complexity index is 659. The number of hydrogen-bond donors (Lipinski definition) is 1. The molecule has 0 bridgehead atoms. The molecule has 1 aliphatic rings. The normalized spacial score (nSPS) is 24.0. The van der Waals surface area contributed by atoms with Crippen molar-refractivity contribution >= 4 is 16.0 Å². The van der Waals surface area contributed by atoms with Crippen LogP contribution < -0.4 is 0 Å². The van der Waals surface area contributed by atoms with Crippen LogP contribution in [-0.2, 0) is 14.8 Å². The van der Waals surface area contributed by atoms with Crippen LogP contribution in [0, 0.1) is 18.7 Å². The highest BCUT2D eigenvalue weighted by Crippen LogP contribution is 2.29. The molecule has 1 aromatic carbocycles. The smallest absolute Gasteiger partial charge is 0.322 e. The molecule has 1 fully saturated rings. The SMILES string of the molecule is Cc1ccc(S(=O)(=O)N2CCCC(C)C2C(=O)O)cc1F. The van der Waals surface area contributed by atoms with E-state index in [1.807, 2.05) is 0 Å². The minimum Gasteiger partial charge on any atom is -0.480 e. The lowest BCUT2D eigenvalue weighted by atomic mass is 9.93. The van der Waals surface area contributed by atoms with Crippen LogP contribution in [0.3, 0.4) is 0 Å². The maximum atomic E-state index is 13.6. The summed E-state index contributed by atoms with van der Waals surface area (Å²) in [4.78, 5) is 11.2. The number of rotatable bonds is 3. The number of sulfonamides is 1. The molecule has 0 aromatic heterocycles. The molecule has 1 aromatic rings. The van der Waals surface area contributed by atoms with Crippen LogP contribution in [0.25, 0.3) is 0 Å². The molecule has 1 N–H and O–H groups in total. The summed E-state index contributed by atoms with van der Waals surface area (Å²) in [6, 6.07) is 2.54. The lowest BCUT2D eigenvalue weighted by Crippen LogP contribution is -2.51. The molecule has 1 aliphatic heterocycles. The molecule has 2 unspecified atom stereocenters. The molecule has 5 nitrogen and oxygen atoms in total. The number of carboxylic acid groups (broad SMARTS) is 1. The minimum atomic E-state index is -4.02. The topological polar surface area (TPSA) is 74.7 Å². The van der Waals surface area contributed by atoms with Crippen molar-refractivity contribution in [3.05, 3.63) is 29.6 Å². The second-order valence-electron chi connectivity index (χ2n) is 5.43. The van der Waals surface area contributed by atoms with Gasteiger partial charge in [-0.25, -0.2) is 12.8 Å². The van der Waals surface area contributed by atoms with E-state index in [9.17, 15) is 22.7 Å². The molecule has 2 atom stereocenters. The number of carboxylic acids is 1. The van der Waals surface area contributed by atoms with Crippen molar-refractivity contribution in [2.24, 2.45) is 5.92 Å². The molecule has 1 saturated heterocycles. The molecule has 116 valence electrons. The second-order valence-corrected chi connectivity index (χ2v) is 7.32. The molecule has 21 heavy (non-hydrogen) atoms. The summed E-state index contributed by atoms with van der Waals surface area (Å²) in [7, 11) is -4.02. The summed E-state index contributed by atoms with van der Waals surface area (Å²) in [5, 5.41) is 9.31. The van der Waals surface area contributed by atoms with Crippen LogP contribution >= 0.6 is 0 Å². The summed E-state index contributed by atoms with van der Waals surface area (Å²) in [5.41, 5.74) is 0.343. The summed E-state index contributed by atoms with van der Waals surface area (Å²) in [6.45, 7) is 3.39. The second kappa shape index (κ2) is 5.73. The quantitative estimate of drug-likeness (QED) is 0.926. The largest absolute Gasteiger partial charge is 0.480 e. The van der Waals surface area contributed by atoms with Crippen molar-refractivity contribution in [3.63, 3.8) is 0 Å². The number of benzene rings is 1. The van der Waals surface area contributed by atoms with E-state index in [0.29, 0.717) is 18.4 Å². The Labute approximate surface area is 123 Å². The van der Waals surface area contributed by atoms with Crippen molar-refractivity contribution in [2.45, 2.75) is 37.6 Å². The average Bonchev–Trinajstić information content (AvgIpc) is 2.41. The van der Waals surface area contributed by atoms with Crippen molar-refractivity contribution in [2.75, 3.05) is 6.54 Å². The molecule has 0 aliphatic carbocycles. The van der Waals surface area contributed by atoms with Gasteiger partial charge in [-0.1, -0.05) is 13.0 Å². The van der Waals surface area contributed by atoms with Gasteiger partial charge in [0, 0.05) is 6.54 Å². The van der Waals surface area contributed by atoms with E-state index >= 15 is 0 Å². The first-order valence-electron chi connectivity index (χ1n) is 6.76. The molecule has 0 amide bonds. The number of hydrogen-bond acceptors (Lipinski definition) is 3. The Hall–Kier alpha value is -1.47. The van der Waals surface area contributed by atoms with Crippen molar-refractivity contribution in [1.82, 2.24) is 4.31 Å². The van der Waals surface area contributed by atoms with Gasteiger partial charge in [0.1, 0.15) is 11.9 Å². The first-order chi connectivity index (χ1) is 9.75. The first-order valence-corrected chi connectivity index (χ1v) is 8.20. The van der Waals surface area contributed by atoms with Crippen LogP contribution in [0.5, 0.6) is 0 Å². The molecule has 1 heterocycles. The molecule has 0 radical (unpaired) electrons. The predicted octanol–water partition coefficient (Wildman–Crippen LogP) is 2.01. The Morgan fingerprint density at radius 1 is 1.43 bits per heavy atom. The fourth-order valence-electron chi connectivity index (χ4n) is 2.66. The van der Waals surface area contributed by atoms with E-state index in [2.05, 4.69) is 0 Å². The highest BCUT2D eigenvalue weighted by atomic mass is 32.2.